The number of piperidine rings is 1. The molecule has 15 atom stereocenters. The second-order valence-corrected chi connectivity index (χ2v) is 24.2. The standard InChI is InChI=1S/C57H79N5/c1-56(2)44-26-12-16-30-48(44)61(49-31-17-13-27-45(49)56)52-34-51(60-46-28-14-9-22-39(46)40-23-10-15-29-47(40)60)37(35-58)33-42(52)55-59-54(36-19-6-5-7-20-36)62(55)50-32-18-24-41-38-21-8-11-25-43(38)57(3,4)53(41)50/h8,11,14,16,19,28,30,33,37-38,41,43-45,48-55,59H,5-7,9-10,12-13,15,17-18,20-27,29,31-32,34H2,1-4H3/p+2. The second kappa shape index (κ2) is 15.8. The Morgan fingerprint density at radius 3 is 2.44 bits per heavy atom. The fourth-order valence-corrected chi connectivity index (χ4v) is 18.6. The Labute approximate surface area is 375 Å². The van der Waals surface area contributed by atoms with Crippen molar-refractivity contribution in [3.05, 3.63) is 76.2 Å². The van der Waals surface area contributed by atoms with Gasteiger partial charge in [-0.05, 0) is 180 Å². The fourth-order valence-electron chi connectivity index (χ4n) is 18.6. The number of nitrogens with one attached hydrogen (secondary N) is 1. The van der Waals surface area contributed by atoms with Gasteiger partial charge in [0.2, 0.25) is 12.3 Å². The van der Waals surface area contributed by atoms with Crippen LogP contribution in [-0.2, 0) is 19.3 Å². The topological polar surface area (TPSA) is 53.0 Å². The highest BCUT2D eigenvalue weighted by molar-refractivity contribution is 5.59. The van der Waals surface area contributed by atoms with Gasteiger partial charge >= 0.3 is 0 Å². The van der Waals surface area contributed by atoms with Gasteiger partial charge in [-0.3, -0.25) is 4.90 Å². The predicted octanol–water partition coefficient (Wildman–Crippen LogP) is 9.96. The van der Waals surface area contributed by atoms with Crippen molar-refractivity contribution in [1.29, 1.82) is 5.26 Å². The van der Waals surface area contributed by atoms with E-state index >= 15 is 0 Å². The molecule has 1 aromatic rings. The summed E-state index contributed by atoms with van der Waals surface area (Å²) in [4.78, 5) is 5.17. The van der Waals surface area contributed by atoms with Crippen molar-refractivity contribution in [3.63, 3.8) is 0 Å². The number of aromatic nitrogens is 1. The molecule has 2 aliphatic heterocycles. The van der Waals surface area contributed by atoms with Gasteiger partial charge in [0.15, 0.2) is 0 Å². The molecule has 0 radical (unpaired) electrons. The molecule has 0 bridgehead atoms. The minimum atomic E-state index is -0.0984. The summed E-state index contributed by atoms with van der Waals surface area (Å²) in [6, 6.07) is 5.45. The maximum absolute atomic E-state index is 11.6. The molecule has 5 fully saturated rings. The van der Waals surface area contributed by atoms with E-state index in [4.69, 9.17) is 0 Å². The van der Waals surface area contributed by atoms with E-state index in [2.05, 4.69) is 97.2 Å². The number of likely N-dealkylation sites (tertiary alicyclic amines) is 1. The number of hydrogen-bond donors (Lipinski definition) is 2. The molecule has 15 unspecified atom stereocenters. The zero-order chi connectivity index (χ0) is 41.9. The summed E-state index contributed by atoms with van der Waals surface area (Å²) in [7, 11) is 0. The van der Waals surface area contributed by atoms with Crippen LogP contribution in [0.25, 0.3) is 6.08 Å². The average Bonchev–Trinajstić information content (AvgIpc) is 3.75. The third-order valence-electron chi connectivity index (χ3n) is 21.1. The van der Waals surface area contributed by atoms with E-state index in [-0.39, 0.29) is 12.0 Å². The highest BCUT2D eigenvalue weighted by Crippen LogP contribution is 2.62. The van der Waals surface area contributed by atoms with E-state index < -0.39 is 0 Å². The number of rotatable bonds is 5. The van der Waals surface area contributed by atoms with Crippen molar-refractivity contribution < 1.29 is 10.2 Å². The normalized spacial score (nSPS) is 44.0. The van der Waals surface area contributed by atoms with Crippen molar-refractivity contribution in [2.45, 2.75) is 211 Å². The van der Waals surface area contributed by atoms with Crippen LogP contribution in [0.15, 0.2) is 53.7 Å². The molecule has 0 aromatic carbocycles. The molecule has 9 aliphatic carbocycles. The van der Waals surface area contributed by atoms with Crippen LogP contribution in [0.5, 0.6) is 0 Å². The molecule has 3 heterocycles. The van der Waals surface area contributed by atoms with Crippen LogP contribution in [0.1, 0.15) is 178 Å². The van der Waals surface area contributed by atoms with Gasteiger partial charge in [-0.1, -0.05) is 83.1 Å². The number of fused-ring (bicyclic) bond motifs is 8. The molecule has 2 saturated heterocycles. The number of allylic oxidation sites excluding steroid dienone is 6. The lowest BCUT2D eigenvalue weighted by atomic mass is 9.54. The minimum absolute atomic E-state index is 0.0984. The lowest BCUT2D eigenvalue weighted by Gasteiger charge is -2.63. The van der Waals surface area contributed by atoms with Crippen LogP contribution < -0.4 is 10.2 Å². The molecule has 1 aromatic heterocycles. The highest BCUT2D eigenvalue weighted by Gasteiger charge is 2.67. The first kappa shape index (κ1) is 40.8. The Bertz CT molecular complexity index is 2100. The summed E-state index contributed by atoms with van der Waals surface area (Å²) >= 11 is 0. The van der Waals surface area contributed by atoms with Crippen LogP contribution >= 0.6 is 0 Å². The first-order valence-corrected chi connectivity index (χ1v) is 26.8. The number of nitrogens with two attached hydrogens (primary N) is 1. The quantitative estimate of drug-likeness (QED) is 0.291. The maximum atomic E-state index is 11.6. The Kier molecular flexibility index (Phi) is 10.4. The molecule has 11 aliphatic rings. The number of nitriles is 1. The molecule has 5 nitrogen and oxygen atoms in total. The Hall–Kier alpha value is -2.65. The zero-order valence-corrected chi connectivity index (χ0v) is 39.2. The van der Waals surface area contributed by atoms with Gasteiger partial charge in [-0.2, -0.15) is 5.26 Å². The smallest absolute Gasteiger partial charge is 0.246 e. The molecule has 0 spiro atoms. The Morgan fingerprint density at radius 2 is 1.56 bits per heavy atom. The van der Waals surface area contributed by atoms with Crippen LogP contribution in [0.3, 0.4) is 0 Å². The Morgan fingerprint density at radius 1 is 0.710 bits per heavy atom. The lowest BCUT2D eigenvalue weighted by Crippen LogP contribution is -3.50. The summed E-state index contributed by atoms with van der Waals surface area (Å²) < 4.78 is 2.83. The summed E-state index contributed by atoms with van der Waals surface area (Å²) in [5.41, 5.74) is 10.6. The molecular formula is C57H81N5+2. The number of hydrogen-bond acceptors (Lipinski definition) is 2. The first-order valence-electron chi connectivity index (χ1n) is 26.8. The third-order valence-corrected chi connectivity index (χ3v) is 21.1. The number of nitrogens with zero attached hydrogens (tertiary/aromatic N) is 3. The predicted molar refractivity (Wildman–Crippen MR) is 251 cm³/mol. The fraction of sp³-hybridized carbons (Fsp3) is 0.737. The minimum Gasteiger partial charge on any atom is -0.340 e. The van der Waals surface area contributed by atoms with Crippen molar-refractivity contribution in [2.75, 3.05) is 0 Å². The molecule has 12 rings (SSSR count). The van der Waals surface area contributed by atoms with Gasteiger partial charge in [0.1, 0.15) is 6.04 Å². The highest BCUT2D eigenvalue weighted by atomic mass is 15.5. The van der Waals surface area contributed by atoms with Crippen LogP contribution in [0.2, 0.25) is 0 Å². The Balaban J connectivity index is 1.01. The maximum Gasteiger partial charge on any atom is 0.246 e. The van der Waals surface area contributed by atoms with E-state index in [0.29, 0.717) is 53.2 Å². The molecule has 3 saturated carbocycles. The summed E-state index contributed by atoms with van der Waals surface area (Å²) in [6.45, 7) is 10.8. The summed E-state index contributed by atoms with van der Waals surface area (Å²) in [5.74, 6) is 4.67. The molecule has 332 valence electrons. The van der Waals surface area contributed by atoms with Crippen molar-refractivity contribution >= 4 is 6.08 Å². The van der Waals surface area contributed by atoms with Crippen molar-refractivity contribution in [3.8, 4) is 6.07 Å². The van der Waals surface area contributed by atoms with E-state index in [1.54, 1.807) is 28.0 Å². The van der Waals surface area contributed by atoms with Crippen LogP contribution in [0, 0.1) is 63.6 Å². The molecular weight excluding hydrogens is 755 g/mol. The van der Waals surface area contributed by atoms with Gasteiger partial charge in [0.05, 0.1) is 23.6 Å². The van der Waals surface area contributed by atoms with E-state index in [1.807, 2.05) is 4.90 Å². The van der Waals surface area contributed by atoms with Crippen molar-refractivity contribution in [2.24, 2.45) is 52.3 Å². The van der Waals surface area contributed by atoms with Crippen LogP contribution in [-0.4, -0.2) is 46.0 Å². The van der Waals surface area contributed by atoms with E-state index in [1.165, 1.54) is 134 Å². The SMILES string of the molecule is CC1(C)C2CCC=CC2N(C2CC(n3c4c(c5c3CCCC5)CCC=C4)C(C#N)C=C2C2[NH2+]C(C3=CCCCC3)[NH+]2C2CCCC3C4CC=CCC4C(C)(C)C32)C2CCCCC21. The largest absolute Gasteiger partial charge is 0.340 e. The molecule has 3 N–H and O–H groups in total. The van der Waals surface area contributed by atoms with Gasteiger partial charge in [0.25, 0.3) is 0 Å². The summed E-state index contributed by atoms with van der Waals surface area (Å²) in [6.07, 6.45) is 50.3. The molecule has 5 heteroatoms. The van der Waals surface area contributed by atoms with Crippen LogP contribution in [0.4, 0.5) is 0 Å². The van der Waals surface area contributed by atoms with Gasteiger partial charge in [-0.15, -0.1) is 0 Å². The van der Waals surface area contributed by atoms with E-state index in [0.717, 1.165) is 42.4 Å². The average molecular weight is 836 g/mol. The van der Waals surface area contributed by atoms with Gasteiger partial charge in [0, 0.05) is 47.4 Å². The second-order valence-electron chi connectivity index (χ2n) is 24.2. The van der Waals surface area contributed by atoms with Gasteiger partial charge < -0.3 is 4.57 Å². The lowest BCUT2D eigenvalue weighted by molar-refractivity contribution is -1.24. The molecule has 62 heavy (non-hydrogen) atoms. The summed E-state index contributed by atoms with van der Waals surface area (Å²) in [5, 5.41) is 14.5. The van der Waals surface area contributed by atoms with Crippen molar-refractivity contribution in [1.82, 2.24) is 9.47 Å². The third kappa shape index (κ3) is 6.13. The monoisotopic (exact) mass is 836 g/mol. The molecule has 0 amide bonds. The first-order chi connectivity index (χ1) is 30.3. The van der Waals surface area contributed by atoms with E-state index in [9.17, 15) is 5.26 Å². The zero-order valence-electron chi connectivity index (χ0n) is 39.2. The number of quaternary nitrogens is 2. The van der Waals surface area contributed by atoms with Gasteiger partial charge in [-0.25, -0.2) is 10.2 Å².